The predicted octanol–water partition coefficient (Wildman–Crippen LogP) is 9.06. The van der Waals surface area contributed by atoms with Crippen LogP contribution in [0.15, 0.2) is 21.1 Å². The molecular formula is C30H36Br2O2. The summed E-state index contributed by atoms with van der Waals surface area (Å²) in [5.74, 6) is 2.24. The second kappa shape index (κ2) is 6.85. The topological polar surface area (TPSA) is 40.5 Å². The monoisotopic (exact) mass is 586 g/mol. The van der Waals surface area contributed by atoms with Crippen LogP contribution in [0, 0.1) is 36.5 Å². The Kier molecular flexibility index (Phi) is 4.72. The van der Waals surface area contributed by atoms with Crippen molar-refractivity contribution in [3.63, 3.8) is 0 Å². The third kappa shape index (κ3) is 2.63. The van der Waals surface area contributed by atoms with Crippen LogP contribution in [0.1, 0.15) is 88.5 Å². The molecule has 2 N–H and O–H groups in total. The summed E-state index contributed by atoms with van der Waals surface area (Å²) >= 11 is 7.67. The molecule has 0 radical (unpaired) electrons. The van der Waals surface area contributed by atoms with Gasteiger partial charge in [0.2, 0.25) is 0 Å². The maximum Gasteiger partial charge on any atom is 0.127 e. The summed E-state index contributed by atoms with van der Waals surface area (Å²) in [7, 11) is 0. The van der Waals surface area contributed by atoms with Crippen LogP contribution >= 0.6 is 31.9 Å². The van der Waals surface area contributed by atoms with E-state index in [0.29, 0.717) is 11.5 Å². The van der Waals surface area contributed by atoms with Crippen LogP contribution < -0.4 is 0 Å². The first kappa shape index (κ1) is 23.4. The molecule has 2 aromatic carbocycles. The average molecular weight is 588 g/mol. The molecule has 0 saturated heterocycles. The number of hydrogen-bond acceptors (Lipinski definition) is 2. The quantitative estimate of drug-likeness (QED) is 0.376. The minimum absolute atomic E-state index is 0.0583. The highest BCUT2D eigenvalue weighted by molar-refractivity contribution is 9.10. The first-order valence-electron chi connectivity index (χ1n) is 12.9. The highest BCUT2D eigenvalue weighted by Gasteiger charge is 2.67. The van der Waals surface area contributed by atoms with Crippen LogP contribution in [0.3, 0.4) is 0 Å². The Morgan fingerprint density at radius 2 is 1.06 bits per heavy atom. The standard InChI is InChI=1S/C30H36Br2O2/c1-15-21(31)11-19(27(3)9-7-17-13-29(17,27)5)25(33)23(15)24-16(2)22(32)12-20(26(24)34)28(4)10-8-18-14-30(18,28)6/h11-12,17-18,33-34H,7-10,13-14H2,1-6H3/t17-,18-,27+,28+,29+,30+/m1/s1. The van der Waals surface area contributed by atoms with E-state index in [4.69, 9.17) is 0 Å². The fourth-order valence-electron chi connectivity index (χ4n) is 8.40. The number of halogens is 2. The van der Waals surface area contributed by atoms with E-state index in [0.717, 1.165) is 67.0 Å². The van der Waals surface area contributed by atoms with Gasteiger partial charge in [0.15, 0.2) is 0 Å². The lowest BCUT2D eigenvalue weighted by Crippen LogP contribution is -2.30. The lowest BCUT2D eigenvalue weighted by atomic mass is 9.68. The SMILES string of the molecule is Cc1c(Br)cc([C@]2(C)CC[C@@H]3C[C@@]32C)c(O)c1-c1c(C)c(Br)cc([C@]2(C)CC[C@@H]3C[C@@]32C)c1O. The molecule has 4 fully saturated rings. The van der Waals surface area contributed by atoms with Gasteiger partial charge in [0.1, 0.15) is 11.5 Å². The molecule has 0 spiro atoms. The molecule has 0 amide bonds. The van der Waals surface area contributed by atoms with Crippen molar-refractivity contribution in [1.29, 1.82) is 0 Å². The minimum atomic E-state index is -0.0583. The van der Waals surface area contributed by atoms with Crippen molar-refractivity contribution in [3.8, 4) is 22.6 Å². The summed E-state index contributed by atoms with van der Waals surface area (Å²) in [5.41, 5.74) is 5.99. The Morgan fingerprint density at radius 1 is 0.706 bits per heavy atom. The Bertz CT molecular complexity index is 1170. The number of fused-ring (bicyclic) bond motifs is 2. The number of phenols is 2. The molecule has 182 valence electrons. The average Bonchev–Trinajstić information content (AvgIpc) is 3.61. The van der Waals surface area contributed by atoms with Crippen molar-refractivity contribution in [1.82, 2.24) is 0 Å². The van der Waals surface area contributed by atoms with Gasteiger partial charge in [-0.3, -0.25) is 0 Å². The van der Waals surface area contributed by atoms with Crippen molar-refractivity contribution >= 4 is 31.9 Å². The van der Waals surface area contributed by atoms with E-state index in [2.05, 4.69) is 85.5 Å². The lowest BCUT2D eigenvalue weighted by molar-refractivity contribution is 0.298. The molecule has 4 heteroatoms. The molecule has 4 aliphatic carbocycles. The van der Waals surface area contributed by atoms with E-state index in [1.807, 2.05) is 0 Å². The van der Waals surface area contributed by atoms with Crippen LogP contribution in [0.4, 0.5) is 0 Å². The summed E-state index contributed by atoms with van der Waals surface area (Å²) in [6, 6.07) is 4.30. The Balaban J connectivity index is 1.61. The maximum absolute atomic E-state index is 11.9. The van der Waals surface area contributed by atoms with E-state index in [1.165, 1.54) is 25.7 Å². The largest absolute Gasteiger partial charge is 0.507 e. The Labute approximate surface area is 220 Å². The van der Waals surface area contributed by atoms with Crippen LogP contribution in [-0.4, -0.2) is 10.2 Å². The molecule has 0 unspecified atom stereocenters. The van der Waals surface area contributed by atoms with Gasteiger partial charge in [-0.05, 0) is 98.3 Å². The summed E-state index contributed by atoms with van der Waals surface area (Å²) in [6.45, 7) is 13.6. The van der Waals surface area contributed by atoms with Gasteiger partial charge in [0, 0.05) is 42.0 Å². The van der Waals surface area contributed by atoms with Gasteiger partial charge in [0.25, 0.3) is 0 Å². The van der Waals surface area contributed by atoms with E-state index < -0.39 is 0 Å². The van der Waals surface area contributed by atoms with Crippen molar-refractivity contribution in [2.75, 3.05) is 0 Å². The molecule has 34 heavy (non-hydrogen) atoms. The third-order valence-electron chi connectivity index (χ3n) is 11.8. The number of benzene rings is 2. The number of hydrogen-bond donors (Lipinski definition) is 2. The van der Waals surface area contributed by atoms with Gasteiger partial charge >= 0.3 is 0 Å². The van der Waals surface area contributed by atoms with E-state index in [-0.39, 0.29) is 21.7 Å². The normalized spacial score (nSPS) is 39.8. The van der Waals surface area contributed by atoms with Gasteiger partial charge in [-0.15, -0.1) is 0 Å². The Hall–Kier alpha value is -1.00. The molecule has 2 nitrogen and oxygen atoms in total. The van der Waals surface area contributed by atoms with Gasteiger partial charge in [-0.25, -0.2) is 0 Å². The highest BCUT2D eigenvalue weighted by atomic mass is 79.9. The maximum atomic E-state index is 11.9. The van der Waals surface area contributed by atoms with Crippen molar-refractivity contribution in [2.24, 2.45) is 22.7 Å². The van der Waals surface area contributed by atoms with E-state index in [9.17, 15) is 10.2 Å². The van der Waals surface area contributed by atoms with Gasteiger partial charge in [-0.1, -0.05) is 59.6 Å². The molecule has 6 atom stereocenters. The molecule has 0 bridgehead atoms. The number of phenolic OH excluding ortho intramolecular Hbond substituents is 2. The van der Waals surface area contributed by atoms with Gasteiger partial charge in [0.05, 0.1) is 0 Å². The molecule has 4 aliphatic rings. The van der Waals surface area contributed by atoms with Gasteiger partial charge in [-0.2, -0.15) is 0 Å². The predicted molar refractivity (Wildman–Crippen MR) is 146 cm³/mol. The molecular weight excluding hydrogens is 552 g/mol. The summed E-state index contributed by atoms with van der Waals surface area (Å²) in [6.07, 6.45) is 7.15. The molecule has 4 saturated carbocycles. The fourth-order valence-corrected chi connectivity index (χ4v) is 9.26. The first-order chi connectivity index (χ1) is 15.8. The molecule has 0 heterocycles. The van der Waals surface area contributed by atoms with E-state index in [1.54, 1.807) is 0 Å². The van der Waals surface area contributed by atoms with Crippen LogP contribution in [0.2, 0.25) is 0 Å². The lowest BCUT2D eigenvalue weighted by Gasteiger charge is -2.37. The van der Waals surface area contributed by atoms with E-state index >= 15 is 0 Å². The molecule has 6 rings (SSSR count). The number of rotatable bonds is 3. The summed E-state index contributed by atoms with van der Waals surface area (Å²) < 4.78 is 2.01. The highest BCUT2D eigenvalue weighted by Crippen LogP contribution is 2.75. The summed E-state index contributed by atoms with van der Waals surface area (Å²) in [4.78, 5) is 0. The van der Waals surface area contributed by atoms with Crippen molar-refractivity contribution < 1.29 is 10.2 Å². The van der Waals surface area contributed by atoms with Crippen molar-refractivity contribution in [2.45, 2.75) is 90.9 Å². The van der Waals surface area contributed by atoms with Gasteiger partial charge < -0.3 is 10.2 Å². The third-order valence-corrected chi connectivity index (χ3v) is 13.4. The minimum Gasteiger partial charge on any atom is -0.507 e. The second-order valence-corrected chi connectivity index (χ2v) is 14.6. The molecule has 2 aromatic rings. The zero-order chi connectivity index (χ0) is 24.6. The summed E-state index contributed by atoms with van der Waals surface area (Å²) in [5, 5.41) is 23.9. The second-order valence-electron chi connectivity index (χ2n) is 12.9. The molecule has 0 aromatic heterocycles. The van der Waals surface area contributed by atoms with Crippen LogP contribution in [-0.2, 0) is 10.8 Å². The van der Waals surface area contributed by atoms with Crippen LogP contribution in [0.5, 0.6) is 11.5 Å². The van der Waals surface area contributed by atoms with Crippen LogP contribution in [0.25, 0.3) is 11.1 Å². The zero-order valence-electron chi connectivity index (χ0n) is 21.2. The Morgan fingerprint density at radius 3 is 1.32 bits per heavy atom. The smallest absolute Gasteiger partial charge is 0.127 e. The van der Waals surface area contributed by atoms with Crippen molar-refractivity contribution in [3.05, 3.63) is 43.3 Å². The fraction of sp³-hybridized carbons (Fsp3) is 0.600. The number of aromatic hydroxyl groups is 2. The molecule has 0 aliphatic heterocycles. The zero-order valence-corrected chi connectivity index (χ0v) is 24.4. The first-order valence-corrected chi connectivity index (χ1v) is 14.4.